The van der Waals surface area contributed by atoms with Gasteiger partial charge in [0, 0.05) is 19.4 Å². The van der Waals surface area contributed by atoms with E-state index in [9.17, 15) is 4.79 Å². The number of carbonyl (C=O) groups excluding carboxylic acids is 1. The number of hydrogen-bond donors (Lipinski definition) is 0. The summed E-state index contributed by atoms with van der Waals surface area (Å²) in [5.74, 6) is 1.50. The van der Waals surface area contributed by atoms with Gasteiger partial charge in [0.1, 0.15) is 11.5 Å². The lowest BCUT2D eigenvalue weighted by Crippen LogP contribution is -2.25. The van der Waals surface area contributed by atoms with Crippen LogP contribution < -0.4 is 0 Å². The standard InChI is InChI=1S/C19H26N2O/c1-6-17(22)18(13(2)3)20-19-14(4)12-16(21(19)5)15-10-8-7-9-11-15/h7-11,14,16H,6,12H2,1-5H3. The number of allylic oxidation sites excluding steroid dienone is 2. The van der Waals surface area contributed by atoms with Crippen molar-refractivity contribution in [2.75, 3.05) is 7.05 Å². The summed E-state index contributed by atoms with van der Waals surface area (Å²) >= 11 is 0. The minimum absolute atomic E-state index is 0.122. The number of aliphatic imine (C=N–C) groups is 1. The van der Waals surface area contributed by atoms with Crippen molar-refractivity contribution in [3.05, 3.63) is 47.2 Å². The molecule has 22 heavy (non-hydrogen) atoms. The average Bonchev–Trinajstić information content (AvgIpc) is 2.79. The molecular formula is C19H26N2O. The molecule has 0 aliphatic carbocycles. The Morgan fingerprint density at radius 2 is 1.91 bits per heavy atom. The van der Waals surface area contributed by atoms with Crippen LogP contribution in [0.1, 0.15) is 52.1 Å². The smallest absolute Gasteiger partial charge is 0.180 e. The maximum Gasteiger partial charge on any atom is 0.180 e. The average molecular weight is 298 g/mol. The van der Waals surface area contributed by atoms with Crippen LogP contribution in [0.4, 0.5) is 0 Å². The predicted molar refractivity (Wildman–Crippen MR) is 91.8 cm³/mol. The van der Waals surface area contributed by atoms with Crippen LogP contribution in [0, 0.1) is 5.92 Å². The molecule has 0 amide bonds. The van der Waals surface area contributed by atoms with Crippen LogP contribution in [0.3, 0.4) is 0 Å². The number of carbonyl (C=O) groups is 1. The molecule has 118 valence electrons. The van der Waals surface area contributed by atoms with Gasteiger partial charge in [-0.05, 0) is 31.4 Å². The molecule has 1 saturated heterocycles. The van der Waals surface area contributed by atoms with E-state index in [1.54, 1.807) is 0 Å². The van der Waals surface area contributed by atoms with Crippen molar-refractivity contribution < 1.29 is 4.79 Å². The fourth-order valence-electron chi connectivity index (χ4n) is 3.06. The van der Waals surface area contributed by atoms with E-state index in [0.717, 1.165) is 17.8 Å². The molecule has 0 spiro atoms. The van der Waals surface area contributed by atoms with Gasteiger partial charge in [0.15, 0.2) is 5.78 Å². The highest BCUT2D eigenvalue weighted by Gasteiger charge is 2.33. The van der Waals surface area contributed by atoms with Crippen molar-refractivity contribution >= 4 is 11.6 Å². The fraction of sp³-hybridized carbons (Fsp3) is 0.474. The van der Waals surface area contributed by atoms with E-state index >= 15 is 0 Å². The van der Waals surface area contributed by atoms with Crippen molar-refractivity contribution in [3.8, 4) is 0 Å². The Labute approximate surface area is 133 Å². The highest BCUT2D eigenvalue weighted by molar-refractivity contribution is 5.99. The van der Waals surface area contributed by atoms with Crippen LogP contribution in [0.25, 0.3) is 0 Å². The molecule has 1 aliphatic heterocycles. The number of benzene rings is 1. The third-order valence-electron chi connectivity index (χ3n) is 4.32. The number of rotatable bonds is 4. The highest BCUT2D eigenvalue weighted by atomic mass is 16.1. The van der Waals surface area contributed by atoms with Gasteiger partial charge in [0.25, 0.3) is 0 Å². The molecule has 2 atom stereocenters. The van der Waals surface area contributed by atoms with Crippen LogP contribution >= 0.6 is 0 Å². The first-order chi connectivity index (χ1) is 10.5. The maximum atomic E-state index is 12.1. The first kappa shape index (κ1) is 16.5. The summed E-state index contributed by atoms with van der Waals surface area (Å²) in [7, 11) is 2.08. The van der Waals surface area contributed by atoms with E-state index in [0.29, 0.717) is 24.1 Å². The summed E-state index contributed by atoms with van der Waals surface area (Å²) in [6, 6.07) is 10.9. The predicted octanol–water partition coefficient (Wildman–Crippen LogP) is 4.37. The van der Waals surface area contributed by atoms with Crippen LogP contribution in [0.15, 0.2) is 46.6 Å². The normalized spacial score (nSPS) is 23.0. The second kappa shape index (κ2) is 6.91. The summed E-state index contributed by atoms with van der Waals surface area (Å²) in [6.45, 7) is 8.00. The molecule has 3 heteroatoms. The highest BCUT2D eigenvalue weighted by Crippen LogP contribution is 2.36. The Morgan fingerprint density at radius 1 is 1.27 bits per heavy atom. The molecule has 0 radical (unpaired) electrons. The summed E-state index contributed by atoms with van der Waals surface area (Å²) in [5, 5.41) is 0. The zero-order valence-electron chi connectivity index (χ0n) is 14.3. The third-order valence-corrected chi connectivity index (χ3v) is 4.32. The van der Waals surface area contributed by atoms with Crippen molar-refractivity contribution in [2.45, 2.75) is 46.6 Å². The van der Waals surface area contributed by atoms with Crippen LogP contribution in [-0.2, 0) is 4.79 Å². The molecular weight excluding hydrogens is 272 g/mol. The molecule has 0 bridgehead atoms. The second-order valence-corrected chi connectivity index (χ2v) is 6.27. The number of Topliss-reactive ketones (excluding diaryl/α,β-unsaturated/α-hetero) is 1. The van der Waals surface area contributed by atoms with Gasteiger partial charge in [-0.15, -0.1) is 0 Å². The zero-order chi connectivity index (χ0) is 16.3. The minimum Gasteiger partial charge on any atom is -0.356 e. The van der Waals surface area contributed by atoms with E-state index in [1.807, 2.05) is 26.8 Å². The molecule has 2 unspecified atom stereocenters. The van der Waals surface area contributed by atoms with E-state index in [-0.39, 0.29) is 5.78 Å². The lowest BCUT2D eigenvalue weighted by Gasteiger charge is -2.23. The lowest BCUT2D eigenvalue weighted by molar-refractivity contribution is -0.115. The maximum absolute atomic E-state index is 12.1. The van der Waals surface area contributed by atoms with Crippen LogP contribution in [0.5, 0.6) is 0 Å². The Hall–Kier alpha value is -1.90. The van der Waals surface area contributed by atoms with Crippen molar-refractivity contribution in [2.24, 2.45) is 10.9 Å². The Kier molecular flexibility index (Phi) is 5.17. The van der Waals surface area contributed by atoms with Gasteiger partial charge in [-0.25, -0.2) is 4.99 Å². The summed E-state index contributed by atoms with van der Waals surface area (Å²) in [5.41, 5.74) is 2.93. The topological polar surface area (TPSA) is 32.7 Å². The van der Waals surface area contributed by atoms with Crippen LogP contribution in [-0.4, -0.2) is 23.6 Å². The van der Waals surface area contributed by atoms with Gasteiger partial charge in [0.05, 0.1) is 6.04 Å². The van der Waals surface area contributed by atoms with Gasteiger partial charge in [-0.3, -0.25) is 4.79 Å². The van der Waals surface area contributed by atoms with Crippen LogP contribution in [0.2, 0.25) is 0 Å². The number of amidine groups is 1. The monoisotopic (exact) mass is 298 g/mol. The Balaban J connectivity index is 2.34. The molecule has 1 fully saturated rings. The molecule has 0 N–H and O–H groups in total. The van der Waals surface area contributed by atoms with Crippen molar-refractivity contribution in [1.29, 1.82) is 0 Å². The van der Waals surface area contributed by atoms with Gasteiger partial charge in [-0.2, -0.15) is 0 Å². The Bertz CT molecular complexity index is 597. The molecule has 0 saturated carbocycles. The molecule has 1 heterocycles. The van der Waals surface area contributed by atoms with Gasteiger partial charge in [0.2, 0.25) is 0 Å². The van der Waals surface area contributed by atoms with Crippen molar-refractivity contribution in [3.63, 3.8) is 0 Å². The number of nitrogens with zero attached hydrogens (tertiary/aromatic N) is 2. The van der Waals surface area contributed by atoms with Crippen molar-refractivity contribution in [1.82, 2.24) is 4.90 Å². The minimum atomic E-state index is 0.122. The van der Waals surface area contributed by atoms with E-state index in [1.165, 1.54) is 5.56 Å². The second-order valence-electron chi connectivity index (χ2n) is 6.27. The summed E-state index contributed by atoms with van der Waals surface area (Å²) in [6.07, 6.45) is 1.53. The molecule has 3 nitrogen and oxygen atoms in total. The fourth-order valence-corrected chi connectivity index (χ4v) is 3.06. The van der Waals surface area contributed by atoms with Gasteiger partial charge in [-0.1, -0.05) is 44.2 Å². The number of likely N-dealkylation sites (tertiary alicyclic amines) is 1. The summed E-state index contributed by atoms with van der Waals surface area (Å²) < 4.78 is 0. The Morgan fingerprint density at radius 3 is 2.45 bits per heavy atom. The van der Waals surface area contributed by atoms with Gasteiger partial charge < -0.3 is 4.90 Å². The van der Waals surface area contributed by atoms with E-state index in [2.05, 4.69) is 43.1 Å². The summed E-state index contributed by atoms with van der Waals surface area (Å²) in [4.78, 5) is 19.1. The first-order valence-corrected chi connectivity index (χ1v) is 8.02. The first-order valence-electron chi connectivity index (χ1n) is 8.02. The number of ketones is 1. The SMILES string of the molecule is CCC(=O)C(N=C1C(C)CC(c2ccccc2)N1C)=C(C)C. The quantitative estimate of drug-likeness (QED) is 0.773. The molecule has 1 aromatic carbocycles. The largest absolute Gasteiger partial charge is 0.356 e. The lowest BCUT2D eigenvalue weighted by atomic mass is 10.0. The van der Waals surface area contributed by atoms with E-state index < -0.39 is 0 Å². The molecule has 1 aromatic rings. The van der Waals surface area contributed by atoms with Gasteiger partial charge >= 0.3 is 0 Å². The molecule has 1 aliphatic rings. The van der Waals surface area contributed by atoms with E-state index in [4.69, 9.17) is 4.99 Å². The third kappa shape index (κ3) is 3.29. The molecule has 0 aromatic heterocycles. The number of hydrogen-bond acceptors (Lipinski definition) is 2. The molecule has 2 rings (SSSR count). The zero-order valence-corrected chi connectivity index (χ0v) is 14.3.